The number of hydrogen-bond donors (Lipinski definition) is 0. The van der Waals surface area contributed by atoms with Crippen molar-refractivity contribution in [1.29, 1.82) is 0 Å². The number of aromatic nitrogens is 1. The van der Waals surface area contributed by atoms with E-state index in [1.54, 1.807) is 0 Å². The summed E-state index contributed by atoms with van der Waals surface area (Å²) in [5.41, 5.74) is 3.82. The van der Waals surface area contributed by atoms with Gasteiger partial charge in [0, 0.05) is 0 Å². The van der Waals surface area contributed by atoms with Crippen LogP contribution >= 0.6 is 0 Å². The van der Waals surface area contributed by atoms with E-state index in [9.17, 15) is 0 Å². The van der Waals surface area contributed by atoms with Gasteiger partial charge in [-0.3, -0.25) is 0 Å². The molecule has 0 amide bonds. The van der Waals surface area contributed by atoms with Crippen molar-refractivity contribution in [3.05, 3.63) is 29.1 Å². The van der Waals surface area contributed by atoms with Crippen LogP contribution in [0.3, 0.4) is 0 Å². The summed E-state index contributed by atoms with van der Waals surface area (Å²) >= 11 is 2.15. The molecule has 0 aliphatic rings. The SMILES string of the molecule is Cc1cc(C)c(C[AsH])cn1. The topological polar surface area (TPSA) is 12.9 Å². The van der Waals surface area contributed by atoms with E-state index in [1.807, 2.05) is 13.1 Å². The minimum atomic E-state index is 1.08. The molecule has 0 fully saturated rings. The molecule has 0 aliphatic carbocycles. The Labute approximate surface area is 70.4 Å². The Hall–Kier alpha value is -0.292. The zero-order chi connectivity index (χ0) is 7.56. The summed E-state index contributed by atoms with van der Waals surface area (Å²) < 4.78 is 0. The van der Waals surface area contributed by atoms with E-state index in [1.165, 1.54) is 11.1 Å². The van der Waals surface area contributed by atoms with Gasteiger partial charge in [0.25, 0.3) is 0 Å². The van der Waals surface area contributed by atoms with Gasteiger partial charge in [-0.15, -0.1) is 0 Å². The second-order valence-corrected chi connectivity index (χ2v) is 3.17. The van der Waals surface area contributed by atoms with Crippen LogP contribution in [0.4, 0.5) is 0 Å². The van der Waals surface area contributed by atoms with Crippen LogP contribution in [0.15, 0.2) is 12.3 Å². The molecular formula is C8H11AsN. The van der Waals surface area contributed by atoms with Crippen LogP contribution in [-0.4, -0.2) is 21.8 Å². The number of hydrogen-bond acceptors (Lipinski definition) is 1. The monoisotopic (exact) mass is 196 g/mol. The summed E-state index contributed by atoms with van der Waals surface area (Å²) in [6.45, 7) is 4.15. The number of aryl methyl sites for hydroxylation is 2. The summed E-state index contributed by atoms with van der Waals surface area (Å²) in [4.78, 5) is 4.21. The third kappa shape index (κ3) is 1.60. The Morgan fingerprint density at radius 1 is 1.50 bits per heavy atom. The molecule has 0 aliphatic heterocycles. The van der Waals surface area contributed by atoms with Gasteiger partial charge in [-0.1, -0.05) is 0 Å². The Balaban J connectivity index is 3.07. The Morgan fingerprint density at radius 2 is 2.20 bits per heavy atom. The van der Waals surface area contributed by atoms with Crippen LogP contribution in [-0.2, 0) is 5.21 Å². The summed E-state index contributed by atoms with van der Waals surface area (Å²) in [5, 5.41) is 1.08. The van der Waals surface area contributed by atoms with Gasteiger partial charge >= 0.3 is 70.0 Å². The zero-order valence-corrected chi connectivity index (χ0v) is 8.41. The predicted molar refractivity (Wildman–Crippen MR) is 44.6 cm³/mol. The fraction of sp³-hybridized carbons (Fsp3) is 0.375. The van der Waals surface area contributed by atoms with Gasteiger partial charge in [-0.25, -0.2) is 0 Å². The summed E-state index contributed by atoms with van der Waals surface area (Å²) in [6.07, 6.45) is 1.96. The second kappa shape index (κ2) is 3.20. The minimum absolute atomic E-state index is 1.08. The molecule has 0 saturated carbocycles. The van der Waals surface area contributed by atoms with Gasteiger partial charge in [0.1, 0.15) is 0 Å². The third-order valence-corrected chi connectivity index (χ3v) is 2.35. The summed E-state index contributed by atoms with van der Waals surface area (Å²) in [6, 6.07) is 2.12. The van der Waals surface area contributed by atoms with Crippen molar-refractivity contribution in [1.82, 2.24) is 4.98 Å². The van der Waals surface area contributed by atoms with Crippen LogP contribution in [0.2, 0.25) is 0 Å². The maximum absolute atomic E-state index is 4.21. The van der Waals surface area contributed by atoms with Crippen LogP contribution in [0, 0.1) is 13.8 Å². The van der Waals surface area contributed by atoms with Gasteiger partial charge in [0.15, 0.2) is 0 Å². The molecule has 0 aromatic carbocycles. The quantitative estimate of drug-likeness (QED) is 0.613. The molecule has 0 saturated heterocycles. The molecule has 1 heterocycles. The van der Waals surface area contributed by atoms with Crippen molar-refractivity contribution in [2.24, 2.45) is 0 Å². The first-order valence-corrected chi connectivity index (χ1v) is 4.79. The molecule has 0 bridgehead atoms. The third-order valence-electron chi connectivity index (χ3n) is 1.55. The molecular weight excluding hydrogens is 185 g/mol. The molecule has 0 spiro atoms. The van der Waals surface area contributed by atoms with E-state index < -0.39 is 0 Å². The molecule has 0 unspecified atom stereocenters. The van der Waals surface area contributed by atoms with Crippen molar-refractivity contribution in [3.63, 3.8) is 0 Å². The van der Waals surface area contributed by atoms with Crippen LogP contribution in [0.1, 0.15) is 16.8 Å². The average Bonchev–Trinajstić information content (AvgIpc) is 1.88. The van der Waals surface area contributed by atoms with Gasteiger partial charge in [-0.2, -0.15) is 0 Å². The van der Waals surface area contributed by atoms with Gasteiger partial charge in [-0.05, 0) is 0 Å². The molecule has 2 heteroatoms. The second-order valence-electron chi connectivity index (χ2n) is 2.43. The van der Waals surface area contributed by atoms with Crippen LogP contribution < -0.4 is 0 Å². The van der Waals surface area contributed by atoms with E-state index >= 15 is 0 Å². The number of nitrogens with zero attached hydrogens (tertiary/aromatic N) is 1. The van der Waals surface area contributed by atoms with Crippen molar-refractivity contribution in [2.75, 3.05) is 0 Å². The maximum atomic E-state index is 4.21. The Bertz CT molecular complexity index is 233. The van der Waals surface area contributed by atoms with Crippen LogP contribution in [0.25, 0.3) is 0 Å². The van der Waals surface area contributed by atoms with Crippen LogP contribution in [0.5, 0.6) is 0 Å². The van der Waals surface area contributed by atoms with Crippen molar-refractivity contribution in [3.8, 4) is 0 Å². The van der Waals surface area contributed by atoms with Crippen molar-refractivity contribution >= 4 is 16.9 Å². The first-order valence-electron chi connectivity index (χ1n) is 3.30. The van der Waals surface area contributed by atoms with Crippen molar-refractivity contribution < 1.29 is 0 Å². The van der Waals surface area contributed by atoms with E-state index in [-0.39, 0.29) is 0 Å². The summed E-state index contributed by atoms with van der Waals surface area (Å²) in [5.74, 6) is 0. The zero-order valence-electron chi connectivity index (χ0n) is 6.31. The number of rotatable bonds is 1. The average molecular weight is 196 g/mol. The first kappa shape index (κ1) is 7.81. The summed E-state index contributed by atoms with van der Waals surface area (Å²) in [7, 11) is 0. The first-order chi connectivity index (χ1) is 4.74. The van der Waals surface area contributed by atoms with Gasteiger partial charge in [0.05, 0.1) is 0 Å². The van der Waals surface area contributed by atoms with Crippen molar-refractivity contribution in [2.45, 2.75) is 19.1 Å². The fourth-order valence-corrected chi connectivity index (χ4v) is 1.69. The molecule has 0 atom stereocenters. The standard InChI is InChI=1S/C8H11AsN/c1-6-3-7(2)10-5-8(6)4-9/h3,5,9H,4H2,1-2H3. The molecule has 1 nitrogen and oxygen atoms in total. The molecule has 1 aromatic rings. The molecule has 1 aromatic heterocycles. The molecule has 53 valence electrons. The van der Waals surface area contributed by atoms with Gasteiger partial charge < -0.3 is 0 Å². The van der Waals surface area contributed by atoms with E-state index in [2.05, 4.69) is 34.8 Å². The number of pyridine rings is 1. The normalized spacial score (nSPS) is 9.90. The van der Waals surface area contributed by atoms with E-state index in [4.69, 9.17) is 0 Å². The molecule has 1 radical (unpaired) electrons. The fourth-order valence-electron chi connectivity index (χ4n) is 0.910. The van der Waals surface area contributed by atoms with Gasteiger partial charge in [0.2, 0.25) is 0 Å². The molecule has 0 N–H and O–H groups in total. The predicted octanol–water partition coefficient (Wildman–Crippen LogP) is 1.10. The Morgan fingerprint density at radius 3 is 2.70 bits per heavy atom. The molecule has 1 rings (SSSR count). The van der Waals surface area contributed by atoms with E-state index in [0.717, 1.165) is 10.9 Å². The van der Waals surface area contributed by atoms with E-state index in [0.29, 0.717) is 0 Å². The Kier molecular flexibility index (Phi) is 2.50. The molecule has 10 heavy (non-hydrogen) atoms.